The van der Waals surface area contributed by atoms with Crippen LogP contribution in [-0.2, 0) is 0 Å². The van der Waals surface area contributed by atoms with Crippen LogP contribution in [0.4, 0.5) is 5.69 Å². The number of carbonyl (C=O) groups excluding carboxylic acids is 1. The van der Waals surface area contributed by atoms with Gasteiger partial charge in [0.15, 0.2) is 0 Å². The summed E-state index contributed by atoms with van der Waals surface area (Å²) in [5, 5.41) is 13.7. The Labute approximate surface area is 123 Å². The number of nitrogens with zero attached hydrogens (tertiary/aromatic N) is 1. The van der Waals surface area contributed by atoms with Crippen molar-refractivity contribution in [2.24, 2.45) is 0 Å². The van der Waals surface area contributed by atoms with Gasteiger partial charge in [-0.1, -0.05) is 13.8 Å². The number of rotatable bonds is 6. The predicted molar refractivity (Wildman–Crippen MR) is 79.3 cm³/mol. The Morgan fingerprint density at radius 1 is 1.40 bits per heavy atom. The van der Waals surface area contributed by atoms with E-state index >= 15 is 0 Å². The van der Waals surface area contributed by atoms with Crippen molar-refractivity contribution in [1.82, 2.24) is 5.32 Å². The van der Waals surface area contributed by atoms with Crippen molar-refractivity contribution in [2.45, 2.75) is 39.2 Å². The third-order valence-electron chi connectivity index (χ3n) is 3.64. The number of carbonyl (C=O) groups is 1. The molecule has 5 nitrogen and oxygen atoms in total. The molecule has 0 aliphatic carbocycles. The summed E-state index contributed by atoms with van der Waals surface area (Å²) in [5.74, 6) is 0.0740. The van der Waals surface area contributed by atoms with Crippen LogP contribution in [0.1, 0.15) is 42.6 Å². The van der Waals surface area contributed by atoms with E-state index in [-0.39, 0.29) is 11.6 Å². The molecule has 0 atom stereocenters. The summed E-state index contributed by atoms with van der Waals surface area (Å²) in [7, 11) is 0. The SMILES string of the molecule is CCC(CC)(CCl)NC(=O)c1ccc([N+](=O)[O-])c(C)c1. The number of amides is 1. The molecular weight excluding hydrogens is 280 g/mol. The highest BCUT2D eigenvalue weighted by atomic mass is 35.5. The molecule has 20 heavy (non-hydrogen) atoms. The van der Waals surface area contributed by atoms with Crippen LogP contribution in [0.2, 0.25) is 0 Å². The van der Waals surface area contributed by atoms with Gasteiger partial charge in [-0.2, -0.15) is 0 Å². The molecule has 0 radical (unpaired) electrons. The first-order valence-corrected chi connectivity index (χ1v) is 7.06. The first kappa shape index (κ1) is 16.4. The number of benzene rings is 1. The lowest BCUT2D eigenvalue weighted by Crippen LogP contribution is -2.49. The number of nitrogens with one attached hydrogen (secondary N) is 1. The lowest BCUT2D eigenvalue weighted by atomic mass is 9.94. The van der Waals surface area contributed by atoms with Crippen molar-refractivity contribution in [2.75, 3.05) is 5.88 Å². The Kier molecular flexibility index (Phi) is 5.51. The van der Waals surface area contributed by atoms with Gasteiger partial charge in [0.1, 0.15) is 0 Å². The second-order valence-corrected chi connectivity index (χ2v) is 5.10. The van der Waals surface area contributed by atoms with Crippen molar-refractivity contribution < 1.29 is 9.72 Å². The van der Waals surface area contributed by atoms with Gasteiger partial charge in [-0.05, 0) is 31.9 Å². The van der Waals surface area contributed by atoms with Crippen LogP contribution < -0.4 is 5.32 Å². The number of aryl methyl sites for hydroxylation is 1. The summed E-state index contributed by atoms with van der Waals surface area (Å²) in [5.41, 5.74) is 0.446. The highest BCUT2D eigenvalue weighted by Crippen LogP contribution is 2.21. The van der Waals surface area contributed by atoms with Gasteiger partial charge < -0.3 is 5.32 Å². The van der Waals surface area contributed by atoms with E-state index in [0.29, 0.717) is 17.0 Å². The van der Waals surface area contributed by atoms with Crippen LogP contribution in [-0.4, -0.2) is 22.2 Å². The molecule has 0 aliphatic heterocycles. The van der Waals surface area contributed by atoms with E-state index in [1.165, 1.54) is 18.2 Å². The maximum absolute atomic E-state index is 12.2. The number of hydrogen-bond donors (Lipinski definition) is 1. The summed E-state index contributed by atoms with van der Waals surface area (Å²) in [6.45, 7) is 5.55. The molecular formula is C14H19ClN2O3. The monoisotopic (exact) mass is 298 g/mol. The minimum absolute atomic E-state index is 0.0103. The molecule has 1 amide bonds. The van der Waals surface area contributed by atoms with E-state index in [1.54, 1.807) is 6.92 Å². The Bertz CT molecular complexity index is 505. The minimum Gasteiger partial charge on any atom is -0.345 e. The molecule has 110 valence electrons. The fourth-order valence-corrected chi connectivity index (χ4v) is 2.41. The highest BCUT2D eigenvalue weighted by molar-refractivity contribution is 6.19. The normalized spacial score (nSPS) is 11.2. The molecule has 0 fully saturated rings. The Morgan fingerprint density at radius 3 is 2.40 bits per heavy atom. The van der Waals surface area contributed by atoms with Crippen LogP contribution in [0.5, 0.6) is 0 Å². The molecule has 0 heterocycles. The predicted octanol–water partition coefficient (Wildman–Crippen LogP) is 3.43. The van der Waals surface area contributed by atoms with Crippen molar-refractivity contribution in [3.05, 3.63) is 39.4 Å². The highest BCUT2D eigenvalue weighted by Gasteiger charge is 2.27. The van der Waals surface area contributed by atoms with Gasteiger partial charge in [0.25, 0.3) is 11.6 Å². The van der Waals surface area contributed by atoms with Gasteiger partial charge in [-0.3, -0.25) is 14.9 Å². The molecule has 0 saturated carbocycles. The number of nitro groups is 1. The third kappa shape index (κ3) is 3.48. The number of nitro benzene ring substituents is 1. The van der Waals surface area contributed by atoms with E-state index < -0.39 is 10.5 Å². The zero-order valence-electron chi connectivity index (χ0n) is 11.9. The van der Waals surface area contributed by atoms with Gasteiger partial charge in [-0.15, -0.1) is 11.6 Å². The maximum atomic E-state index is 12.2. The summed E-state index contributed by atoms with van der Waals surface area (Å²) in [6.07, 6.45) is 1.45. The van der Waals surface area contributed by atoms with E-state index in [0.717, 1.165) is 12.8 Å². The molecule has 1 aromatic carbocycles. The average molecular weight is 299 g/mol. The number of alkyl halides is 1. The lowest BCUT2D eigenvalue weighted by molar-refractivity contribution is -0.385. The van der Waals surface area contributed by atoms with Crippen molar-refractivity contribution >= 4 is 23.2 Å². The van der Waals surface area contributed by atoms with Gasteiger partial charge in [0.05, 0.1) is 10.5 Å². The molecule has 0 unspecified atom stereocenters. The third-order valence-corrected chi connectivity index (χ3v) is 4.16. The summed E-state index contributed by atoms with van der Waals surface area (Å²) in [4.78, 5) is 22.5. The summed E-state index contributed by atoms with van der Waals surface area (Å²) < 4.78 is 0. The van der Waals surface area contributed by atoms with E-state index in [1.807, 2.05) is 13.8 Å². The molecule has 0 aliphatic rings. The fraction of sp³-hybridized carbons (Fsp3) is 0.500. The molecule has 0 bridgehead atoms. The van der Waals surface area contributed by atoms with Crippen LogP contribution >= 0.6 is 11.6 Å². The molecule has 1 aromatic rings. The summed E-state index contributed by atoms with van der Waals surface area (Å²) in [6, 6.07) is 4.34. The quantitative estimate of drug-likeness (QED) is 0.497. The zero-order chi connectivity index (χ0) is 15.3. The first-order chi connectivity index (χ1) is 9.39. The number of halogens is 1. The Hall–Kier alpha value is -1.62. The van der Waals surface area contributed by atoms with Gasteiger partial charge in [0.2, 0.25) is 0 Å². The van der Waals surface area contributed by atoms with Gasteiger partial charge in [-0.25, -0.2) is 0 Å². The average Bonchev–Trinajstić information content (AvgIpc) is 2.44. The van der Waals surface area contributed by atoms with E-state index in [4.69, 9.17) is 11.6 Å². The lowest BCUT2D eigenvalue weighted by Gasteiger charge is -2.30. The second-order valence-electron chi connectivity index (χ2n) is 4.83. The fourth-order valence-electron chi connectivity index (χ4n) is 1.96. The zero-order valence-corrected chi connectivity index (χ0v) is 12.7. The topological polar surface area (TPSA) is 72.2 Å². The van der Waals surface area contributed by atoms with Crippen molar-refractivity contribution in [3.63, 3.8) is 0 Å². The molecule has 1 N–H and O–H groups in total. The Balaban J connectivity index is 2.99. The molecule has 0 saturated heterocycles. The van der Waals surface area contributed by atoms with Crippen LogP contribution in [0, 0.1) is 17.0 Å². The van der Waals surface area contributed by atoms with Gasteiger partial charge >= 0.3 is 0 Å². The Morgan fingerprint density at radius 2 is 2.00 bits per heavy atom. The summed E-state index contributed by atoms with van der Waals surface area (Å²) >= 11 is 5.95. The van der Waals surface area contributed by atoms with Crippen LogP contribution in [0.3, 0.4) is 0 Å². The molecule has 0 spiro atoms. The number of hydrogen-bond acceptors (Lipinski definition) is 3. The van der Waals surface area contributed by atoms with Gasteiger partial charge in [0, 0.05) is 23.1 Å². The van der Waals surface area contributed by atoms with E-state index in [9.17, 15) is 14.9 Å². The van der Waals surface area contributed by atoms with Crippen molar-refractivity contribution in [1.29, 1.82) is 0 Å². The van der Waals surface area contributed by atoms with E-state index in [2.05, 4.69) is 5.32 Å². The second kappa shape index (κ2) is 6.70. The largest absolute Gasteiger partial charge is 0.345 e. The minimum atomic E-state index is -0.460. The van der Waals surface area contributed by atoms with Crippen molar-refractivity contribution in [3.8, 4) is 0 Å². The smallest absolute Gasteiger partial charge is 0.272 e. The molecule has 1 rings (SSSR count). The maximum Gasteiger partial charge on any atom is 0.272 e. The first-order valence-electron chi connectivity index (χ1n) is 6.52. The molecule has 0 aromatic heterocycles. The van der Waals surface area contributed by atoms with Crippen LogP contribution in [0.15, 0.2) is 18.2 Å². The standard InChI is InChI=1S/C14H19ClN2O3/c1-4-14(5-2,9-15)16-13(18)11-6-7-12(17(19)20)10(3)8-11/h6-8H,4-5,9H2,1-3H3,(H,16,18). The molecule has 6 heteroatoms. The van der Waals surface area contributed by atoms with Crippen LogP contribution in [0.25, 0.3) is 0 Å².